The second kappa shape index (κ2) is 11.5. The number of amides is 1. The van der Waals surface area contributed by atoms with Crippen molar-refractivity contribution >= 4 is 34.9 Å². The van der Waals surface area contributed by atoms with Crippen LogP contribution in [0, 0.1) is 27.7 Å². The molecule has 1 fully saturated rings. The second-order valence-corrected chi connectivity index (χ2v) is 10.8. The minimum atomic E-state index is -0.968. The molecule has 1 amide bonds. The van der Waals surface area contributed by atoms with Gasteiger partial charge in [0.25, 0.3) is 0 Å². The van der Waals surface area contributed by atoms with E-state index in [0.29, 0.717) is 11.7 Å². The first-order chi connectivity index (χ1) is 19.6. The summed E-state index contributed by atoms with van der Waals surface area (Å²) >= 11 is 5.82. The average Bonchev–Trinajstić information content (AvgIpc) is 3.43. The standard InChI is InChI=1S/C32H33N5O3S/c1-19-8-12-24(13-9-19)34-28(38)14-16-36-30(29(35-32(36)41)26-7-5-6-15-33-26)25-17-21(3)37(22(25)4)27-18-23(31(39)40)11-10-20(27)2/h5-13,15,17-18,29-30H,14,16H2,1-4H3,(H,34,38)(H,35,41)(H,39,40). The van der Waals surface area contributed by atoms with Crippen LogP contribution in [0.2, 0.25) is 0 Å². The zero-order chi connectivity index (χ0) is 29.3. The van der Waals surface area contributed by atoms with Crippen LogP contribution in [0.15, 0.2) is 72.9 Å². The Kier molecular flexibility index (Phi) is 7.90. The van der Waals surface area contributed by atoms with Crippen LogP contribution in [0.1, 0.15) is 62.6 Å². The maximum Gasteiger partial charge on any atom is 0.335 e. The summed E-state index contributed by atoms with van der Waals surface area (Å²) in [5.41, 5.74) is 7.72. The fraction of sp³-hybridized carbons (Fsp3) is 0.250. The number of anilines is 1. The molecule has 2 unspecified atom stereocenters. The number of aromatic carboxylic acids is 1. The number of hydrogen-bond acceptors (Lipinski definition) is 4. The van der Waals surface area contributed by atoms with Crippen LogP contribution >= 0.6 is 12.2 Å². The molecule has 2 aromatic heterocycles. The summed E-state index contributed by atoms with van der Waals surface area (Å²) in [4.78, 5) is 31.4. The fourth-order valence-electron chi connectivity index (χ4n) is 5.51. The van der Waals surface area contributed by atoms with Crippen molar-refractivity contribution < 1.29 is 14.7 Å². The van der Waals surface area contributed by atoms with Crippen LogP contribution < -0.4 is 10.6 Å². The van der Waals surface area contributed by atoms with Crippen molar-refractivity contribution in [3.63, 3.8) is 0 Å². The van der Waals surface area contributed by atoms with Crippen LogP contribution in [0.25, 0.3) is 5.69 Å². The third-order valence-corrected chi connectivity index (χ3v) is 7.95. The Bertz CT molecular complexity index is 1610. The number of benzene rings is 2. The Labute approximate surface area is 245 Å². The van der Waals surface area contributed by atoms with Gasteiger partial charge in [-0.2, -0.15) is 0 Å². The number of pyridine rings is 1. The molecule has 210 valence electrons. The molecule has 0 radical (unpaired) electrons. The van der Waals surface area contributed by atoms with Gasteiger partial charge in [0.05, 0.1) is 23.3 Å². The van der Waals surface area contributed by atoms with Gasteiger partial charge in [-0.25, -0.2) is 4.79 Å². The number of nitrogens with zero attached hydrogens (tertiary/aromatic N) is 3. The predicted molar refractivity (Wildman–Crippen MR) is 164 cm³/mol. The molecule has 0 spiro atoms. The second-order valence-electron chi connectivity index (χ2n) is 10.5. The quantitative estimate of drug-likeness (QED) is 0.231. The van der Waals surface area contributed by atoms with E-state index in [1.165, 1.54) is 0 Å². The molecule has 3 heterocycles. The monoisotopic (exact) mass is 567 g/mol. The van der Waals surface area contributed by atoms with E-state index in [9.17, 15) is 14.7 Å². The molecule has 1 aliphatic rings. The SMILES string of the molecule is Cc1ccc(NC(=O)CCN2C(=S)NC(c3ccccn3)C2c2cc(C)n(-c3cc(C(=O)O)ccc3C)c2C)cc1. The molecule has 2 atom stereocenters. The van der Waals surface area contributed by atoms with Gasteiger partial charge in [0.15, 0.2) is 5.11 Å². The minimum Gasteiger partial charge on any atom is -0.478 e. The maximum atomic E-state index is 12.9. The smallest absolute Gasteiger partial charge is 0.335 e. The van der Waals surface area contributed by atoms with E-state index in [0.717, 1.165) is 45.1 Å². The van der Waals surface area contributed by atoms with Crippen LogP contribution in [0.3, 0.4) is 0 Å². The number of aromatic nitrogens is 2. The first-order valence-electron chi connectivity index (χ1n) is 13.5. The predicted octanol–water partition coefficient (Wildman–Crippen LogP) is 5.81. The molecular weight excluding hydrogens is 534 g/mol. The Morgan fingerprint density at radius 3 is 2.46 bits per heavy atom. The van der Waals surface area contributed by atoms with E-state index in [2.05, 4.69) is 31.2 Å². The van der Waals surface area contributed by atoms with Gasteiger partial charge < -0.3 is 25.2 Å². The zero-order valence-corrected chi connectivity index (χ0v) is 24.3. The Morgan fingerprint density at radius 2 is 1.78 bits per heavy atom. The van der Waals surface area contributed by atoms with Crippen molar-refractivity contribution in [3.8, 4) is 5.69 Å². The lowest BCUT2D eigenvalue weighted by molar-refractivity contribution is -0.116. The first-order valence-corrected chi connectivity index (χ1v) is 13.9. The molecule has 1 aliphatic heterocycles. The zero-order valence-electron chi connectivity index (χ0n) is 23.5. The van der Waals surface area contributed by atoms with Gasteiger partial charge in [-0.15, -0.1) is 0 Å². The summed E-state index contributed by atoms with van der Waals surface area (Å²) in [6, 6.07) is 20.3. The van der Waals surface area contributed by atoms with E-state index in [4.69, 9.17) is 12.2 Å². The topological polar surface area (TPSA) is 99.5 Å². The lowest BCUT2D eigenvalue weighted by atomic mass is 9.96. The largest absolute Gasteiger partial charge is 0.478 e. The molecule has 5 rings (SSSR count). The van der Waals surface area contributed by atoms with Crippen LogP contribution in [-0.2, 0) is 4.79 Å². The number of thiocarbonyl (C=S) groups is 1. The van der Waals surface area contributed by atoms with Gasteiger partial charge in [-0.1, -0.05) is 29.8 Å². The number of aryl methyl sites for hydroxylation is 3. The molecule has 4 aromatic rings. The van der Waals surface area contributed by atoms with Crippen LogP contribution in [0.5, 0.6) is 0 Å². The number of nitrogens with one attached hydrogen (secondary N) is 2. The van der Waals surface area contributed by atoms with E-state index >= 15 is 0 Å². The van der Waals surface area contributed by atoms with Gasteiger partial charge in [0.2, 0.25) is 5.91 Å². The maximum absolute atomic E-state index is 12.9. The number of carboxylic acid groups (broad SMARTS) is 1. The fourth-order valence-corrected chi connectivity index (χ4v) is 5.84. The Balaban J connectivity index is 1.50. The van der Waals surface area contributed by atoms with Crippen molar-refractivity contribution in [2.24, 2.45) is 0 Å². The number of carboxylic acids is 1. The highest BCUT2D eigenvalue weighted by Gasteiger charge is 2.41. The molecule has 0 aliphatic carbocycles. The van der Waals surface area contributed by atoms with E-state index in [-0.39, 0.29) is 30.0 Å². The third kappa shape index (κ3) is 5.71. The third-order valence-electron chi connectivity index (χ3n) is 7.60. The van der Waals surface area contributed by atoms with Gasteiger partial charge in [-0.3, -0.25) is 9.78 Å². The molecule has 0 saturated carbocycles. The molecular formula is C32H33N5O3S. The summed E-state index contributed by atoms with van der Waals surface area (Å²) in [6.45, 7) is 8.44. The van der Waals surface area contributed by atoms with Gasteiger partial charge in [0.1, 0.15) is 0 Å². The highest BCUT2D eigenvalue weighted by atomic mass is 32.1. The minimum absolute atomic E-state index is 0.0942. The lowest BCUT2D eigenvalue weighted by Gasteiger charge is -2.28. The van der Waals surface area contributed by atoms with E-state index in [1.54, 1.807) is 18.3 Å². The molecule has 3 N–H and O–H groups in total. The van der Waals surface area contributed by atoms with Gasteiger partial charge in [0, 0.05) is 41.9 Å². The number of carbonyl (C=O) groups is 2. The van der Waals surface area contributed by atoms with Crippen molar-refractivity contribution in [1.29, 1.82) is 0 Å². The number of rotatable bonds is 8. The highest BCUT2D eigenvalue weighted by molar-refractivity contribution is 7.80. The van der Waals surface area contributed by atoms with Crippen LogP contribution in [0.4, 0.5) is 5.69 Å². The number of hydrogen-bond donors (Lipinski definition) is 3. The normalized spacial score (nSPS) is 16.5. The van der Waals surface area contributed by atoms with E-state index < -0.39 is 5.97 Å². The summed E-state index contributed by atoms with van der Waals surface area (Å²) < 4.78 is 2.09. The van der Waals surface area contributed by atoms with Gasteiger partial charge in [-0.05, 0) is 93.5 Å². The molecule has 41 heavy (non-hydrogen) atoms. The molecule has 0 bridgehead atoms. The summed E-state index contributed by atoms with van der Waals surface area (Å²) in [5.74, 6) is -1.06. The van der Waals surface area contributed by atoms with Crippen LogP contribution in [-0.4, -0.2) is 43.1 Å². The Morgan fingerprint density at radius 1 is 1.02 bits per heavy atom. The van der Waals surface area contributed by atoms with Gasteiger partial charge >= 0.3 is 5.97 Å². The summed E-state index contributed by atoms with van der Waals surface area (Å²) in [6.07, 6.45) is 2.01. The summed E-state index contributed by atoms with van der Waals surface area (Å²) in [5, 5.41) is 16.6. The average molecular weight is 568 g/mol. The molecule has 9 heteroatoms. The molecule has 1 saturated heterocycles. The first kappa shape index (κ1) is 28.0. The van der Waals surface area contributed by atoms with E-state index in [1.807, 2.05) is 76.2 Å². The molecule has 8 nitrogen and oxygen atoms in total. The summed E-state index contributed by atoms with van der Waals surface area (Å²) in [7, 11) is 0. The van der Waals surface area contributed by atoms with Crippen molar-refractivity contribution in [3.05, 3.63) is 112 Å². The van der Waals surface area contributed by atoms with Crippen molar-refractivity contribution in [1.82, 2.24) is 19.8 Å². The highest BCUT2D eigenvalue weighted by Crippen LogP contribution is 2.41. The van der Waals surface area contributed by atoms with Crippen molar-refractivity contribution in [2.75, 3.05) is 11.9 Å². The number of carbonyl (C=O) groups excluding carboxylic acids is 1. The lowest BCUT2D eigenvalue weighted by Crippen LogP contribution is -2.32. The molecule has 2 aromatic carbocycles. The Hall–Kier alpha value is -4.50. The van der Waals surface area contributed by atoms with Crippen molar-refractivity contribution in [2.45, 2.75) is 46.2 Å².